The van der Waals surface area contributed by atoms with E-state index in [0.717, 1.165) is 5.56 Å². The Hall–Kier alpha value is -1.48. The molecule has 0 fully saturated rings. The van der Waals surface area contributed by atoms with Gasteiger partial charge in [0.25, 0.3) is 0 Å². The summed E-state index contributed by atoms with van der Waals surface area (Å²) in [5.41, 5.74) is 0.901. The van der Waals surface area contributed by atoms with Crippen LogP contribution >= 0.6 is 0 Å². The molecule has 0 amide bonds. The Bertz CT molecular complexity index is 621. The summed E-state index contributed by atoms with van der Waals surface area (Å²) in [6, 6.07) is 18.1. The average molecular weight is 337 g/mol. The van der Waals surface area contributed by atoms with Gasteiger partial charge >= 0.3 is 121 Å². The van der Waals surface area contributed by atoms with Crippen LogP contribution in [0.5, 0.6) is 0 Å². The van der Waals surface area contributed by atoms with Crippen LogP contribution in [0.25, 0.3) is 0 Å². The minimum atomic E-state index is -4.19. The molecule has 0 aromatic heterocycles. The summed E-state index contributed by atoms with van der Waals surface area (Å²) >= 11 is -4.19. The fourth-order valence-electron chi connectivity index (χ4n) is 2.03. The molecule has 1 unspecified atom stereocenters. The second kappa shape index (κ2) is 6.80. The molecule has 2 aromatic carbocycles. The first kappa shape index (κ1) is 14.9. The van der Waals surface area contributed by atoms with Gasteiger partial charge in [-0.25, -0.2) is 0 Å². The molecule has 0 aliphatic rings. The fourth-order valence-corrected chi connectivity index (χ4v) is 5.08. The van der Waals surface area contributed by atoms with E-state index in [1.807, 2.05) is 43.3 Å². The molecule has 0 heterocycles. The van der Waals surface area contributed by atoms with E-state index >= 15 is 0 Å². The molecule has 0 bridgehead atoms. The quantitative estimate of drug-likeness (QED) is 0.761. The third-order valence-electron chi connectivity index (χ3n) is 3.01. The van der Waals surface area contributed by atoms with Gasteiger partial charge in [-0.2, -0.15) is 0 Å². The van der Waals surface area contributed by atoms with Gasteiger partial charge in [0, 0.05) is 0 Å². The predicted octanol–water partition coefficient (Wildman–Crippen LogP) is 2.97. The maximum atomic E-state index is 12.5. The Balaban J connectivity index is 2.25. The van der Waals surface area contributed by atoms with Crippen molar-refractivity contribution in [1.29, 1.82) is 0 Å². The van der Waals surface area contributed by atoms with Gasteiger partial charge in [0.15, 0.2) is 0 Å². The summed E-state index contributed by atoms with van der Waals surface area (Å²) in [5, 5.41) is 0.0262. The number of ether oxygens (including phenoxy) is 1. The van der Waals surface area contributed by atoms with Crippen LogP contribution in [-0.4, -0.2) is 19.3 Å². The molecule has 0 aliphatic carbocycles. The van der Waals surface area contributed by atoms with Crippen molar-refractivity contribution in [2.45, 2.75) is 18.3 Å². The first-order valence-corrected chi connectivity index (χ1v) is 10.0. The minimum absolute atomic E-state index is 0.0262. The van der Waals surface area contributed by atoms with Crippen LogP contribution in [0.15, 0.2) is 60.7 Å². The molecule has 1 atom stereocenters. The van der Waals surface area contributed by atoms with Crippen LogP contribution in [0, 0.1) is 0 Å². The molecule has 2 aromatic rings. The number of hydrogen-bond donors (Lipinski definition) is 0. The molecule has 0 saturated heterocycles. The van der Waals surface area contributed by atoms with E-state index in [1.165, 1.54) is 0 Å². The second-order valence-corrected chi connectivity index (χ2v) is 8.72. The zero-order valence-corrected chi connectivity index (χ0v) is 13.1. The van der Waals surface area contributed by atoms with Gasteiger partial charge in [-0.1, -0.05) is 0 Å². The topological polar surface area (TPSA) is 43.4 Å². The van der Waals surface area contributed by atoms with Crippen molar-refractivity contribution in [1.82, 2.24) is 0 Å². The summed E-state index contributed by atoms with van der Waals surface area (Å²) < 4.78 is 31.0. The van der Waals surface area contributed by atoms with Crippen LogP contribution in [0.1, 0.15) is 18.6 Å². The Morgan fingerprint density at radius 2 is 1.50 bits per heavy atom. The van der Waals surface area contributed by atoms with Crippen LogP contribution in [0.4, 0.5) is 0 Å². The number of rotatable bonds is 6. The third kappa shape index (κ3) is 3.76. The zero-order chi connectivity index (χ0) is 14.4. The van der Waals surface area contributed by atoms with E-state index in [-0.39, 0.29) is 5.32 Å². The van der Waals surface area contributed by atoms with Crippen molar-refractivity contribution < 1.29 is 12.4 Å². The Morgan fingerprint density at radius 3 is 2.05 bits per heavy atom. The number of benzene rings is 2. The predicted molar refractivity (Wildman–Crippen MR) is 78.8 cm³/mol. The summed E-state index contributed by atoms with van der Waals surface area (Å²) in [6.07, 6.45) is -0.406. The normalized spacial score (nSPS) is 13.1. The van der Waals surface area contributed by atoms with Crippen LogP contribution in [-0.2, 0) is 12.4 Å². The Morgan fingerprint density at radius 1 is 0.950 bits per heavy atom. The van der Waals surface area contributed by atoms with E-state index in [0.29, 0.717) is 11.1 Å². The molecule has 0 saturated carbocycles. The van der Waals surface area contributed by atoms with E-state index in [4.69, 9.17) is 4.74 Å². The van der Waals surface area contributed by atoms with Gasteiger partial charge in [0.2, 0.25) is 0 Å². The van der Waals surface area contributed by atoms with Crippen molar-refractivity contribution >= 4 is 17.2 Å². The monoisotopic (exact) mass is 338 g/mol. The summed E-state index contributed by atoms with van der Waals surface area (Å²) in [7, 11) is 0. The summed E-state index contributed by atoms with van der Waals surface area (Å²) in [6.45, 7) is 2.36. The van der Waals surface area contributed by atoms with Crippen LogP contribution in [0.3, 0.4) is 0 Å². The van der Waals surface area contributed by atoms with Gasteiger partial charge in [-0.05, 0) is 0 Å². The first-order valence-electron chi connectivity index (χ1n) is 6.58. The Kier molecular flexibility index (Phi) is 5.07. The molecule has 0 aliphatic heterocycles. The average Bonchev–Trinajstić information content (AvgIpc) is 2.48. The zero-order valence-electron chi connectivity index (χ0n) is 11.4. The standard InChI is InChI=1S/C16H18O3Se/c1-2-19-16(14-9-5-3-6-10-14)13-20(17,18)15-11-7-4-8-12-15/h3-12,16H,2,13H2,1H3. The summed E-state index contributed by atoms with van der Waals surface area (Å²) in [4.78, 5) is 0. The molecule has 2 rings (SSSR count). The molecule has 0 N–H and O–H groups in total. The number of hydrogen-bond acceptors (Lipinski definition) is 3. The van der Waals surface area contributed by atoms with Gasteiger partial charge in [-0.3, -0.25) is 0 Å². The second-order valence-electron chi connectivity index (χ2n) is 4.45. The van der Waals surface area contributed by atoms with Gasteiger partial charge in [0.1, 0.15) is 0 Å². The third-order valence-corrected chi connectivity index (χ3v) is 6.65. The molecule has 106 valence electrons. The van der Waals surface area contributed by atoms with E-state index in [9.17, 15) is 7.67 Å². The van der Waals surface area contributed by atoms with E-state index in [2.05, 4.69) is 0 Å². The van der Waals surface area contributed by atoms with Crippen molar-refractivity contribution in [3.05, 3.63) is 66.2 Å². The van der Waals surface area contributed by atoms with E-state index < -0.39 is 18.8 Å². The molecular formula is C16H18O3Se. The first-order chi connectivity index (χ1) is 9.63. The van der Waals surface area contributed by atoms with Crippen molar-refractivity contribution in [2.75, 3.05) is 6.61 Å². The Labute approximate surface area is 121 Å². The van der Waals surface area contributed by atoms with Crippen molar-refractivity contribution in [3.8, 4) is 0 Å². The molecule has 3 nitrogen and oxygen atoms in total. The van der Waals surface area contributed by atoms with Crippen molar-refractivity contribution in [2.24, 2.45) is 0 Å². The molecule has 0 radical (unpaired) electrons. The maximum absolute atomic E-state index is 12.5. The fraction of sp³-hybridized carbons (Fsp3) is 0.250. The van der Waals surface area contributed by atoms with Crippen LogP contribution < -0.4 is 4.46 Å². The SMILES string of the molecule is CCOC(C[Se](=O)(=O)c1ccccc1)c1ccccc1. The van der Waals surface area contributed by atoms with Crippen LogP contribution in [0.2, 0.25) is 5.32 Å². The molecular weight excluding hydrogens is 319 g/mol. The van der Waals surface area contributed by atoms with E-state index in [1.54, 1.807) is 24.3 Å². The molecule has 20 heavy (non-hydrogen) atoms. The van der Waals surface area contributed by atoms with Gasteiger partial charge in [-0.15, -0.1) is 0 Å². The summed E-state index contributed by atoms with van der Waals surface area (Å²) in [5.74, 6) is 0. The van der Waals surface area contributed by atoms with Gasteiger partial charge in [0.05, 0.1) is 0 Å². The molecule has 4 heteroatoms. The van der Waals surface area contributed by atoms with Gasteiger partial charge < -0.3 is 0 Å². The molecule has 0 spiro atoms. The van der Waals surface area contributed by atoms with Crippen molar-refractivity contribution in [3.63, 3.8) is 0 Å².